The van der Waals surface area contributed by atoms with Crippen molar-refractivity contribution in [1.29, 1.82) is 0 Å². The SMILES string of the molecule is CCOC(=O)C1=CC=CN2C1=NC(c1ccc(C3(N)CCC3)cc1)C2c1ccccc1. The topological polar surface area (TPSA) is 67.9 Å². The Kier molecular flexibility index (Phi) is 4.98. The molecule has 0 amide bonds. The molecule has 0 saturated heterocycles. The van der Waals surface area contributed by atoms with Crippen LogP contribution in [-0.4, -0.2) is 23.3 Å². The molecular weight excluding hydrogens is 386 g/mol. The molecule has 5 heteroatoms. The molecule has 31 heavy (non-hydrogen) atoms. The van der Waals surface area contributed by atoms with Gasteiger partial charge in [-0.05, 0) is 55.0 Å². The molecule has 0 radical (unpaired) electrons. The summed E-state index contributed by atoms with van der Waals surface area (Å²) in [5.74, 6) is 0.326. The molecule has 3 aliphatic rings. The highest BCUT2D eigenvalue weighted by Gasteiger charge is 2.41. The second kappa shape index (κ2) is 7.82. The third-order valence-corrected chi connectivity index (χ3v) is 6.56. The van der Waals surface area contributed by atoms with Crippen LogP contribution in [0.15, 0.2) is 83.5 Å². The van der Waals surface area contributed by atoms with Gasteiger partial charge in [0.2, 0.25) is 0 Å². The van der Waals surface area contributed by atoms with Gasteiger partial charge in [-0.25, -0.2) is 4.79 Å². The van der Waals surface area contributed by atoms with Crippen LogP contribution in [0.1, 0.15) is 55.0 Å². The summed E-state index contributed by atoms with van der Waals surface area (Å²) in [6.07, 6.45) is 8.94. The molecule has 0 aromatic heterocycles. The maximum Gasteiger partial charge on any atom is 0.341 e. The molecule has 5 nitrogen and oxygen atoms in total. The fraction of sp³-hybridized carbons (Fsp3) is 0.308. The Hall–Kier alpha value is -3.18. The minimum atomic E-state index is -0.339. The van der Waals surface area contributed by atoms with Crippen molar-refractivity contribution in [2.24, 2.45) is 10.7 Å². The lowest BCUT2D eigenvalue weighted by atomic mass is 9.72. The summed E-state index contributed by atoms with van der Waals surface area (Å²) in [6, 6.07) is 18.7. The van der Waals surface area contributed by atoms with E-state index in [0.717, 1.165) is 24.0 Å². The van der Waals surface area contributed by atoms with E-state index in [4.69, 9.17) is 15.5 Å². The van der Waals surface area contributed by atoms with Crippen LogP contribution in [0.2, 0.25) is 0 Å². The zero-order chi connectivity index (χ0) is 21.4. The van der Waals surface area contributed by atoms with Gasteiger partial charge >= 0.3 is 5.97 Å². The maximum atomic E-state index is 12.6. The molecule has 2 atom stereocenters. The van der Waals surface area contributed by atoms with E-state index in [2.05, 4.69) is 41.3 Å². The smallest absolute Gasteiger partial charge is 0.341 e. The molecule has 2 aromatic rings. The lowest BCUT2D eigenvalue weighted by Gasteiger charge is -2.38. The number of allylic oxidation sites excluding steroid dienone is 2. The second-order valence-corrected chi connectivity index (χ2v) is 8.43. The Morgan fingerprint density at radius 3 is 2.52 bits per heavy atom. The van der Waals surface area contributed by atoms with E-state index in [-0.39, 0.29) is 23.6 Å². The largest absolute Gasteiger partial charge is 0.462 e. The number of nitrogens with zero attached hydrogens (tertiary/aromatic N) is 2. The summed E-state index contributed by atoms with van der Waals surface area (Å²) >= 11 is 0. The number of carbonyl (C=O) groups excluding carboxylic acids is 1. The Balaban J connectivity index is 1.54. The number of carbonyl (C=O) groups is 1. The quantitative estimate of drug-likeness (QED) is 0.731. The van der Waals surface area contributed by atoms with Crippen molar-refractivity contribution in [3.8, 4) is 0 Å². The van der Waals surface area contributed by atoms with Gasteiger partial charge in [-0.15, -0.1) is 0 Å². The van der Waals surface area contributed by atoms with Gasteiger partial charge in [0.25, 0.3) is 0 Å². The van der Waals surface area contributed by atoms with E-state index in [1.54, 1.807) is 6.08 Å². The minimum absolute atomic E-state index is 0.0352. The Bertz CT molecular complexity index is 1070. The van der Waals surface area contributed by atoms with Gasteiger partial charge in [-0.2, -0.15) is 0 Å². The van der Waals surface area contributed by atoms with Crippen molar-refractivity contribution in [3.63, 3.8) is 0 Å². The van der Waals surface area contributed by atoms with Gasteiger partial charge in [0.15, 0.2) is 0 Å². The Labute approximate surface area is 182 Å². The molecule has 2 N–H and O–H groups in total. The Morgan fingerprint density at radius 2 is 1.87 bits per heavy atom. The summed E-state index contributed by atoms with van der Waals surface area (Å²) < 4.78 is 5.28. The van der Waals surface area contributed by atoms with Crippen molar-refractivity contribution < 1.29 is 9.53 Å². The van der Waals surface area contributed by atoms with Crippen LogP contribution in [-0.2, 0) is 15.1 Å². The number of esters is 1. The van der Waals surface area contributed by atoms with Crippen LogP contribution < -0.4 is 5.73 Å². The van der Waals surface area contributed by atoms with E-state index >= 15 is 0 Å². The van der Waals surface area contributed by atoms with Crippen LogP contribution >= 0.6 is 0 Å². The van der Waals surface area contributed by atoms with Crippen LogP contribution in [0.3, 0.4) is 0 Å². The van der Waals surface area contributed by atoms with Gasteiger partial charge in [0.05, 0.1) is 12.6 Å². The third kappa shape index (κ3) is 3.39. The van der Waals surface area contributed by atoms with Gasteiger partial charge < -0.3 is 15.4 Å². The second-order valence-electron chi connectivity index (χ2n) is 8.43. The molecule has 0 spiro atoms. The summed E-state index contributed by atoms with van der Waals surface area (Å²) in [4.78, 5) is 19.7. The highest BCUT2D eigenvalue weighted by molar-refractivity contribution is 6.20. The molecular formula is C26H27N3O2. The molecule has 1 saturated carbocycles. The van der Waals surface area contributed by atoms with Crippen molar-refractivity contribution in [2.45, 2.75) is 43.8 Å². The minimum Gasteiger partial charge on any atom is -0.462 e. The van der Waals surface area contributed by atoms with Crippen LogP contribution in [0.5, 0.6) is 0 Å². The van der Waals surface area contributed by atoms with E-state index in [0.29, 0.717) is 18.0 Å². The molecule has 5 rings (SSSR count). The summed E-state index contributed by atoms with van der Waals surface area (Å²) in [5.41, 5.74) is 10.3. The first-order chi connectivity index (χ1) is 15.1. The van der Waals surface area contributed by atoms with E-state index in [9.17, 15) is 4.79 Å². The van der Waals surface area contributed by atoms with Crippen molar-refractivity contribution >= 4 is 11.8 Å². The lowest BCUT2D eigenvalue weighted by Crippen LogP contribution is -2.43. The average Bonchev–Trinajstić information content (AvgIpc) is 3.18. The number of aliphatic imine (C=N–C) groups is 1. The zero-order valence-corrected chi connectivity index (χ0v) is 17.7. The van der Waals surface area contributed by atoms with Crippen molar-refractivity contribution in [3.05, 3.63) is 95.2 Å². The first-order valence-electron chi connectivity index (χ1n) is 11.0. The number of hydrogen-bond donors (Lipinski definition) is 1. The molecule has 2 aliphatic heterocycles. The highest BCUT2D eigenvalue weighted by atomic mass is 16.5. The number of ether oxygens (including phenoxy) is 1. The molecule has 0 bridgehead atoms. The number of rotatable bonds is 5. The predicted molar refractivity (Wildman–Crippen MR) is 121 cm³/mol. The van der Waals surface area contributed by atoms with E-state index < -0.39 is 0 Å². The predicted octanol–water partition coefficient (Wildman–Crippen LogP) is 4.54. The number of fused-ring (bicyclic) bond motifs is 1. The van der Waals surface area contributed by atoms with Crippen molar-refractivity contribution in [2.75, 3.05) is 6.61 Å². The Morgan fingerprint density at radius 1 is 1.13 bits per heavy atom. The lowest BCUT2D eigenvalue weighted by molar-refractivity contribution is -0.137. The van der Waals surface area contributed by atoms with Gasteiger partial charge in [0, 0.05) is 11.7 Å². The first kappa shape index (κ1) is 19.8. The van der Waals surface area contributed by atoms with Gasteiger partial charge in [-0.3, -0.25) is 4.99 Å². The fourth-order valence-corrected chi connectivity index (χ4v) is 4.71. The first-order valence-corrected chi connectivity index (χ1v) is 11.0. The summed E-state index contributed by atoms with van der Waals surface area (Å²) in [7, 11) is 0. The highest BCUT2D eigenvalue weighted by Crippen LogP contribution is 2.45. The maximum absolute atomic E-state index is 12.6. The molecule has 1 aliphatic carbocycles. The normalized spacial score (nSPS) is 23.5. The standard InChI is InChI=1S/C26H27N3O2/c1-2-31-25(30)21-10-6-17-29-23(19-8-4-3-5-9-19)22(28-24(21)29)18-11-13-20(14-12-18)26(27)15-7-16-26/h3-6,8-14,17,22-23H,2,7,15-16,27H2,1H3. The average molecular weight is 414 g/mol. The number of hydrogen-bond acceptors (Lipinski definition) is 5. The van der Waals surface area contributed by atoms with Crippen molar-refractivity contribution in [1.82, 2.24) is 4.90 Å². The molecule has 1 fully saturated rings. The summed E-state index contributed by atoms with van der Waals surface area (Å²) in [5, 5.41) is 0. The zero-order valence-electron chi connectivity index (χ0n) is 17.7. The number of amidine groups is 1. The molecule has 2 aromatic carbocycles. The van der Waals surface area contributed by atoms with Crippen LogP contribution in [0.4, 0.5) is 0 Å². The van der Waals surface area contributed by atoms with Crippen LogP contribution in [0.25, 0.3) is 0 Å². The number of benzene rings is 2. The fourth-order valence-electron chi connectivity index (χ4n) is 4.71. The third-order valence-electron chi connectivity index (χ3n) is 6.56. The summed E-state index contributed by atoms with van der Waals surface area (Å²) in [6.45, 7) is 2.15. The number of nitrogens with two attached hydrogens (primary N) is 1. The molecule has 2 heterocycles. The van der Waals surface area contributed by atoms with Gasteiger partial charge in [-0.1, -0.05) is 54.6 Å². The van der Waals surface area contributed by atoms with Crippen LogP contribution in [0, 0.1) is 0 Å². The molecule has 158 valence electrons. The van der Waals surface area contributed by atoms with E-state index in [1.807, 2.05) is 37.4 Å². The van der Waals surface area contributed by atoms with Gasteiger partial charge in [0.1, 0.15) is 17.5 Å². The van der Waals surface area contributed by atoms with E-state index in [1.165, 1.54) is 12.0 Å². The molecule has 2 unspecified atom stereocenters. The monoisotopic (exact) mass is 413 g/mol.